The second-order valence-corrected chi connectivity index (χ2v) is 3.86. The summed E-state index contributed by atoms with van der Waals surface area (Å²) in [7, 11) is 0. The van der Waals surface area contributed by atoms with Crippen LogP contribution in [0.2, 0.25) is 0 Å². The maximum absolute atomic E-state index is 13.1. The number of benzene rings is 1. The fourth-order valence-electron chi connectivity index (χ4n) is 1.28. The van der Waals surface area contributed by atoms with Gasteiger partial charge in [0.15, 0.2) is 5.78 Å². The molecule has 1 aromatic carbocycles. The van der Waals surface area contributed by atoms with E-state index < -0.39 is 11.8 Å². The third-order valence-corrected chi connectivity index (χ3v) is 3.01. The number of Topliss-reactive ketones (excluding diaryl/α,β-unsaturated/α-hetero) is 1. The number of hydrogen-bond acceptors (Lipinski definition) is 3. The summed E-state index contributed by atoms with van der Waals surface area (Å²) in [5.41, 5.74) is -0.0940. The highest BCUT2D eigenvalue weighted by atomic mass is 32.2. The summed E-state index contributed by atoms with van der Waals surface area (Å²) in [6, 6.07) is 2.21. The van der Waals surface area contributed by atoms with Gasteiger partial charge in [-0.2, -0.15) is 0 Å². The van der Waals surface area contributed by atoms with Gasteiger partial charge in [-0.05, 0) is 12.1 Å². The number of aromatic carboxylic acids is 1. The third kappa shape index (κ3) is 1.29. The zero-order valence-electron chi connectivity index (χ0n) is 6.91. The summed E-state index contributed by atoms with van der Waals surface area (Å²) in [5.74, 6) is -2.06. The quantitative estimate of drug-likeness (QED) is 0.771. The van der Waals surface area contributed by atoms with E-state index in [-0.39, 0.29) is 22.7 Å². The average Bonchev–Trinajstić information content (AvgIpc) is 2.46. The first-order valence-corrected chi connectivity index (χ1v) is 4.81. The standard InChI is InChI=1S/C9H5FO3S/c10-6-1-5-7(11)3-14-8(5)2-4(6)9(12)13/h1-2H,3H2,(H,12,13). The third-order valence-electron chi connectivity index (χ3n) is 1.96. The molecule has 0 radical (unpaired) electrons. The Labute approximate surface area is 82.9 Å². The van der Waals surface area contributed by atoms with Gasteiger partial charge in [0.25, 0.3) is 0 Å². The molecule has 5 heteroatoms. The van der Waals surface area contributed by atoms with Crippen LogP contribution in [0.25, 0.3) is 0 Å². The molecule has 1 heterocycles. The van der Waals surface area contributed by atoms with Gasteiger partial charge >= 0.3 is 5.97 Å². The van der Waals surface area contributed by atoms with Crippen LogP contribution in [0.5, 0.6) is 0 Å². The van der Waals surface area contributed by atoms with E-state index in [1.165, 1.54) is 17.8 Å². The Hall–Kier alpha value is -1.36. The van der Waals surface area contributed by atoms with Crippen LogP contribution in [0.3, 0.4) is 0 Å². The van der Waals surface area contributed by atoms with Crippen molar-refractivity contribution in [3.63, 3.8) is 0 Å². The fourth-order valence-corrected chi connectivity index (χ4v) is 2.25. The van der Waals surface area contributed by atoms with Crippen LogP contribution in [0.15, 0.2) is 17.0 Å². The minimum absolute atomic E-state index is 0.152. The molecule has 3 nitrogen and oxygen atoms in total. The number of thioether (sulfide) groups is 1. The van der Waals surface area contributed by atoms with Crippen molar-refractivity contribution in [2.45, 2.75) is 4.90 Å². The van der Waals surface area contributed by atoms with Gasteiger partial charge in [0.1, 0.15) is 5.82 Å². The first-order chi connectivity index (χ1) is 6.59. The van der Waals surface area contributed by atoms with E-state index in [0.29, 0.717) is 4.90 Å². The summed E-state index contributed by atoms with van der Waals surface area (Å²) in [6.45, 7) is 0. The highest BCUT2D eigenvalue weighted by molar-refractivity contribution is 8.00. The topological polar surface area (TPSA) is 54.4 Å². The first kappa shape index (κ1) is 9.21. The summed E-state index contributed by atoms with van der Waals surface area (Å²) in [5, 5.41) is 8.63. The lowest BCUT2D eigenvalue weighted by Crippen LogP contribution is -2.03. The molecule has 1 aliphatic heterocycles. The lowest BCUT2D eigenvalue weighted by atomic mass is 10.1. The number of rotatable bonds is 1. The maximum atomic E-state index is 13.1. The number of ketones is 1. The number of fused-ring (bicyclic) bond motifs is 1. The Bertz CT molecular complexity index is 442. The Balaban J connectivity index is 2.61. The van der Waals surface area contributed by atoms with Gasteiger partial charge in [-0.1, -0.05) is 0 Å². The monoisotopic (exact) mass is 212 g/mol. The van der Waals surface area contributed by atoms with Gasteiger partial charge in [-0.25, -0.2) is 9.18 Å². The first-order valence-electron chi connectivity index (χ1n) is 3.82. The molecule has 2 rings (SSSR count). The van der Waals surface area contributed by atoms with Gasteiger partial charge in [-0.15, -0.1) is 11.8 Å². The number of carbonyl (C=O) groups excluding carboxylic acids is 1. The van der Waals surface area contributed by atoms with Crippen molar-refractivity contribution in [3.05, 3.63) is 29.1 Å². The van der Waals surface area contributed by atoms with Crippen LogP contribution in [-0.4, -0.2) is 22.6 Å². The van der Waals surface area contributed by atoms with Crippen molar-refractivity contribution < 1.29 is 19.1 Å². The molecule has 0 atom stereocenters. The molecule has 0 unspecified atom stereocenters. The second-order valence-electron chi connectivity index (χ2n) is 2.85. The zero-order chi connectivity index (χ0) is 10.3. The van der Waals surface area contributed by atoms with Crippen molar-refractivity contribution in [2.75, 3.05) is 5.75 Å². The summed E-state index contributed by atoms with van der Waals surface area (Å²) >= 11 is 1.24. The largest absolute Gasteiger partial charge is 0.478 e. The van der Waals surface area contributed by atoms with Gasteiger partial charge in [0, 0.05) is 10.5 Å². The van der Waals surface area contributed by atoms with Crippen LogP contribution in [0.4, 0.5) is 4.39 Å². The molecule has 0 saturated carbocycles. The summed E-state index contributed by atoms with van der Waals surface area (Å²) in [4.78, 5) is 22.3. The van der Waals surface area contributed by atoms with Crippen LogP contribution in [0, 0.1) is 5.82 Å². The average molecular weight is 212 g/mol. The Morgan fingerprint density at radius 2 is 2.21 bits per heavy atom. The maximum Gasteiger partial charge on any atom is 0.338 e. The lowest BCUT2D eigenvalue weighted by Gasteiger charge is -2.00. The van der Waals surface area contributed by atoms with E-state index in [4.69, 9.17) is 5.11 Å². The van der Waals surface area contributed by atoms with Crippen molar-refractivity contribution >= 4 is 23.5 Å². The summed E-state index contributed by atoms with van der Waals surface area (Å²) < 4.78 is 13.1. The predicted octanol–water partition coefficient (Wildman–Crippen LogP) is 1.81. The number of carboxylic acid groups (broad SMARTS) is 1. The van der Waals surface area contributed by atoms with Crippen molar-refractivity contribution in [1.29, 1.82) is 0 Å². The van der Waals surface area contributed by atoms with E-state index in [2.05, 4.69) is 0 Å². The lowest BCUT2D eigenvalue weighted by molar-refractivity contribution is 0.0691. The number of halogens is 1. The van der Waals surface area contributed by atoms with E-state index in [1.54, 1.807) is 0 Å². The minimum Gasteiger partial charge on any atom is -0.478 e. The Morgan fingerprint density at radius 1 is 1.50 bits per heavy atom. The van der Waals surface area contributed by atoms with Crippen LogP contribution >= 0.6 is 11.8 Å². The van der Waals surface area contributed by atoms with Crippen LogP contribution in [0.1, 0.15) is 20.7 Å². The molecule has 0 bridgehead atoms. The highest BCUT2D eigenvalue weighted by Gasteiger charge is 2.24. The van der Waals surface area contributed by atoms with Crippen molar-refractivity contribution in [2.24, 2.45) is 0 Å². The second kappa shape index (κ2) is 3.09. The van der Waals surface area contributed by atoms with Crippen LogP contribution in [-0.2, 0) is 0 Å². The van der Waals surface area contributed by atoms with Gasteiger partial charge in [0.05, 0.1) is 11.3 Å². The van der Waals surface area contributed by atoms with Gasteiger partial charge < -0.3 is 5.11 Å². The molecule has 0 fully saturated rings. The Morgan fingerprint density at radius 3 is 2.86 bits per heavy atom. The molecular formula is C9H5FO3S. The molecule has 72 valence electrons. The highest BCUT2D eigenvalue weighted by Crippen LogP contribution is 2.32. The van der Waals surface area contributed by atoms with Crippen LogP contribution < -0.4 is 0 Å². The minimum atomic E-state index is -1.31. The zero-order valence-corrected chi connectivity index (χ0v) is 7.73. The van der Waals surface area contributed by atoms with Gasteiger partial charge in [0.2, 0.25) is 0 Å². The van der Waals surface area contributed by atoms with Crippen molar-refractivity contribution in [1.82, 2.24) is 0 Å². The van der Waals surface area contributed by atoms with E-state index in [1.807, 2.05) is 0 Å². The molecule has 0 aliphatic carbocycles. The number of carbonyl (C=O) groups is 2. The van der Waals surface area contributed by atoms with E-state index in [9.17, 15) is 14.0 Å². The number of carboxylic acids is 1. The Kier molecular flexibility index (Phi) is 2.03. The van der Waals surface area contributed by atoms with Crippen molar-refractivity contribution in [3.8, 4) is 0 Å². The molecule has 1 aromatic rings. The molecule has 0 spiro atoms. The molecule has 0 saturated heterocycles. The van der Waals surface area contributed by atoms with E-state index in [0.717, 1.165) is 6.07 Å². The molecule has 1 aliphatic rings. The predicted molar refractivity (Wildman–Crippen MR) is 48.4 cm³/mol. The molecule has 0 amide bonds. The fraction of sp³-hybridized carbons (Fsp3) is 0.111. The SMILES string of the molecule is O=C(O)c1cc2c(cc1F)C(=O)CS2. The summed E-state index contributed by atoms with van der Waals surface area (Å²) in [6.07, 6.45) is 0. The molecule has 1 N–H and O–H groups in total. The normalized spacial score (nSPS) is 14.2. The smallest absolute Gasteiger partial charge is 0.338 e. The van der Waals surface area contributed by atoms with E-state index >= 15 is 0 Å². The molecule has 14 heavy (non-hydrogen) atoms. The molecule has 0 aromatic heterocycles. The number of hydrogen-bond donors (Lipinski definition) is 1. The molecular weight excluding hydrogens is 207 g/mol. The van der Waals surface area contributed by atoms with Gasteiger partial charge in [-0.3, -0.25) is 4.79 Å².